The summed E-state index contributed by atoms with van der Waals surface area (Å²) in [6.45, 7) is 4.32. The third kappa shape index (κ3) is 4.46. The summed E-state index contributed by atoms with van der Waals surface area (Å²) >= 11 is 0. The molecule has 1 aliphatic rings. The van der Waals surface area contributed by atoms with Gasteiger partial charge in [0, 0.05) is 23.5 Å². The topological polar surface area (TPSA) is 84.3 Å². The van der Waals surface area contributed by atoms with Gasteiger partial charge in [-0.3, -0.25) is 14.4 Å². The molecule has 1 atom stereocenters. The summed E-state index contributed by atoms with van der Waals surface area (Å²) < 4.78 is 1.84. The average molecular weight is 431 g/mol. The summed E-state index contributed by atoms with van der Waals surface area (Å²) in [5.41, 5.74) is 3.83. The van der Waals surface area contributed by atoms with Crippen LogP contribution in [0.2, 0.25) is 0 Å². The summed E-state index contributed by atoms with van der Waals surface area (Å²) in [7, 11) is 0. The van der Waals surface area contributed by atoms with E-state index in [1.54, 1.807) is 30.3 Å². The molecule has 1 fully saturated rings. The zero-order valence-corrected chi connectivity index (χ0v) is 18.2. The van der Waals surface area contributed by atoms with Gasteiger partial charge >= 0.3 is 0 Å². The van der Waals surface area contributed by atoms with Crippen molar-refractivity contribution in [3.8, 4) is 5.69 Å². The van der Waals surface area contributed by atoms with E-state index in [-0.39, 0.29) is 5.91 Å². The Morgan fingerprint density at radius 2 is 1.69 bits per heavy atom. The predicted molar refractivity (Wildman–Crippen MR) is 122 cm³/mol. The first-order valence-corrected chi connectivity index (χ1v) is 10.8. The van der Waals surface area contributed by atoms with E-state index in [9.17, 15) is 14.4 Å². The van der Waals surface area contributed by atoms with Crippen molar-refractivity contribution in [2.75, 3.05) is 11.9 Å². The molecule has 2 amide bonds. The normalized spacial score (nSPS) is 15.9. The summed E-state index contributed by atoms with van der Waals surface area (Å²) in [6.07, 6.45) is 2.14. The second-order valence-corrected chi connectivity index (χ2v) is 8.08. The lowest BCUT2D eigenvalue weighted by Gasteiger charge is -2.34. The van der Waals surface area contributed by atoms with Crippen LogP contribution in [0.5, 0.6) is 0 Å². The highest BCUT2D eigenvalue weighted by Gasteiger charge is 2.35. The number of hydrogen-bond donors (Lipinski definition) is 1. The third-order valence-electron chi connectivity index (χ3n) is 5.69. The molecular formula is C25H26N4O3. The largest absolute Gasteiger partial charge is 0.324 e. The minimum atomic E-state index is -0.667. The lowest BCUT2D eigenvalue weighted by Crippen LogP contribution is -2.52. The Labute approximate surface area is 187 Å². The molecule has 1 N–H and O–H groups in total. The summed E-state index contributed by atoms with van der Waals surface area (Å²) in [5, 5.41) is 7.37. The number of Topliss-reactive ketones (excluding diaryl/α,β-unsaturated/α-hetero) is 1. The smallest absolute Gasteiger partial charge is 0.295 e. The fourth-order valence-electron chi connectivity index (χ4n) is 4.09. The van der Waals surface area contributed by atoms with Crippen molar-refractivity contribution in [3.05, 3.63) is 77.6 Å². The van der Waals surface area contributed by atoms with Crippen LogP contribution in [0.4, 0.5) is 5.69 Å². The Balaban J connectivity index is 1.47. The first kappa shape index (κ1) is 21.5. The van der Waals surface area contributed by atoms with Crippen LogP contribution in [0.25, 0.3) is 5.69 Å². The molecule has 0 bridgehead atoms. The molecule has 0 spiro atoms. The highest BCUT2D eigenvalue weighted by atomic mass is 16.2. The van der Waals surface area contributed by atoms with Crippen LogP contribution in [0.3, 0.4) is 0 Å². The van der Waals surface area contributed by atoms with Gasteiger partial charge in [0.2, 0.25) is 11.7 Å². The molecule has 164 valence electrons. The van der Waals surface area contributed by atoms with Crippen LogP contribution in [-0.2, 0) is 9.59 Å². The molecule has 1 aromatic heterocycles. The number of aryl methyl sites for hydroxylation is 2. The number of likely N-dealkylation sites (tertiary alicyclic amines) is 1. The van der Waals surface area contributed by atoms with Crippen LogP contribution in [0.1, 0.15) is 41.0 Å². The number of anilines is 1. The number of carbonyl (C=O) groups is 3. The molecule has 1 saturated heterocycles. The van der Waals surface area contributed by atoms with E-state index in [0.29, 0.717) is 24.2 Å². The lowest BCUT2D eigenvalue weighted by molar-refractivity contribution is -0.136. The maximum Gasteiger partial charge on any atom is 0.295 e. The van der Waals surface area contributed by atoms with Crippen LogP contribution >= 0.6 is 0 Å². The Kier molecular flexibility index (Phi) is 6.16. The second-order valence-electron chi connectivity index (χ2n) is 8.08. The van der Waals surface area contributed by atoms with Gasteiger partial charge in [-0.15, -0.1) is 0 Å². The molecule has 2 heterocycles. The van der Waals surface area contributed by atoms with Crippen molar-refractivity contribution in [1.29, 1.82) is 0 Å². The van der Waals surface area contributed by atoms with E-state index in [4.69, 9.17) is 0 Å². The number of aromatic nitrogens is 2. The Morgan fingerprint density at radius 1 is 0.969 bits per heavy atom. The number of piperidine rings is 1. The zero-order valence-electron chi connectivity index (χ0n) is 18.2. The number of benzene rings is 2. The van der Waals surface area contributed by atoms with Gasteiger partial charge in [-0.2, -0.15) is 5.10 Å². The standard InChI is InChI=1S/C25H26N4O3/c1-17-16-18(2)29(27-17)21-13-11-20(12-14-21)26-24(31)22-10-6-7-15-28(22)25(32)23(30)19-8-4-3-5-9-19/h3-5,8-9,11-14,16,22H,6-7,10,15H2,1-2H3,(H,26,31). The molecule has 4 rings (SSSR count). The summed E-state index contributed by atoms with van der Waals surface area (Å²) in [5.74, 6) is -1.49. The number of ketones is 1. The molecule has 0 radical (unpaired) electrons. The van der Waals surface area contributed by atoms with Gasteiger partial charge in [-0.25, -0.2) is 4.68 Å². The number of amides is 2. The minimum Gasteiger partial charge on any atom is -0.324 e. The van der Waals surface area contributed by atoms with Gasteiger partial charge in [-0.1, -0.05) is 30.3 Å². The number of rotatable bonds is 5. The number of carbonyl (C=O) groups excluding carboxylic acids is 3. The molecule has 32 heavy (non-hydrogen) atoms. The number of nitrogens with one attached hydrogen (secondary N) is 1. The van der Waals surface area contributed by atoms with Gasteiger partial charge in [-0.05, 0) is 63.4 Å². The SMILES string of the molecule is Cc1cc(C)n(-c2ccc(NC(=O)C3CCCCN3C(=O)C(=O)c3ccccc3)cc2)n1. The molecule has 7 nitrogen and oxygen atoms in total. The molecule has 1 aliphatic heterocycles. The number of hydrogen-bond acceptors (Lipinski definition) is 4. The van der Waals surface area contributed by atoms with E-state index >= 15 is 0 Å². The van der Waals surface area contributed by atoms with E-state index in [1.807, 2.05) is 48.9 Å². The minimum absolute atomic E-state index is 0.280. The van der Waals surface area contributed by atoms with Crippen LogP contribution in [-0.4, -0.2) is 44.9 Å². The Bertz CT molecular complexity index is 1140. The van der Waals surface area contributed by atoms with Crippen molar-refractivity contribution >= 4 is 23.3 Å². The molecule has 0 saturated carbocycles. The highest BCUT2D eigenvalue weighted by molar-refractivity contribution is 6.43. The molecule has 1 unspecified atom stereocenters. The van der Waals surface area contributed by atoms with E-state index < -0.39 is 17.7 Å². The fourth-order valence-corrected chi connectivity index (χ4v) is 4.09. The second kappa shape index (κ2) is 9.18. The van der Waals surface area contributed by atoms with Gasteiger partial charge in [0.15, 0.2) is 0 Å². The molecular weight excluding hydrogens is 404 g/mol. The average Bonchev–Trinajstić information content (AvgIpc) is 3.17. The predicted octanol–water partition coefficient (Wildman–Crippen LogP) is 3.69. The summed E-state index contributed by atoms with van der Waals surface area (Å²) in [4.78, 5) is 40.0. The van der Waals surface area contributed by atoms with E-state index in [0.717, 1.165) is 29.9 Å². The highest BCUT2D eigenvalue weighted by Crippen LogP contribution is 2.21. The van der Waals surface area contributed by atoms with Crippen LogP contribution < -0.4 is 5.32 Å². The summed E-state index contributed by atoms with van der Waals surface area (Å²) in [6, 6.07) is 17.2. The maximum absolute atomic E-state index is 13.0. The van der Waals surface area contributed by atoms with Crippen molar-refractivity contribution < 1.29 is 14.4 Å². The van der Waals surface area contributed by atoms with E-state index in [1.165, 1.54) is 4.90 Å². The van der Waals surface area contributed by atoms with Crippen molar-refractivity contribution in [1.82, 2.24) is 14.7 Å². The van der Waals surface area contributed by atoms with Crippen molar-refractivity contribution in [2.45, 2.75) is 39.2 Å². The van der Waals surface area contributed by atoms with Gasteiger partial charge in [0.05, 0.1) is 11.4 Å². The van der Waals surface area contributed by atoms with Crippen molar-refractivity contribution in [2.24, 2.45) is 0 Å². The Hall–Kier alpha value is -3.74. The van der Waals surface area contributed by atoms with E-state index in [2.05, 4.69) is 10.4 Å². The molecule has 7 heteroatoms. The third-order valence-corrected chi connectivity index (χ3v) is 5.69. The molecule has 2 aromatic carbocycles. The van der Waals surface area contributed by atoms with Gasteiger partial charge in [0.1, 0.15) is 6.04 Å². The zero-order chi connectivity index (χ0) is 22.7. The molecule has 3 aromatic rings. The quantitative estimate of drug-likeness (QED) is 0.494. The first-order valence-electron chi connectivity index (χ1n) is 10.8. The maximum atomic E-state index is 13.0. The van der Waals surface area contributed by atoms with Crippen molar-refractivity contribution in [3.63, 3.8) is 0 Å². The first-order chi connectivity index (χ1) is 15.4. The van der Waals surface area contributed by atoms with Gasteiger partial charge in [0.25, 0.3) is 5.91 Å². The number of nitrogens with zero attached hydrogens (tertiary/aromatic N) is 3. The lowest BCUT2D eigenvalue weighted by atomic mass is 9.99. The fraction of sp³-hybridized carbons (Fsp3) is 0.280. The Morgan fingerprint density at radius 3 is 2.34 bits per heavy atom. The van der Waals surface area contributed by atoms with Crippen LogP contribution in [0, 0.1) is 13.8 Å². The van der Waals surface area contributed by atoms with Gasteiger partial charge < -0.3 is 10.2 Å². The van der Waals surface area contributed by atoms with Crippen LogP contribution in [0.15, 0.2) is 60.7 Å². The monoisotopic (exact) mass is 430 g/mol. The molecule has 0 aliphatic carbocycles.